The number of aromatic nitrogens is 2. The van der Waals surface area contributed by atoms with Crippen molar-refractivity contribution in [2.75, 3.05) is 12.3 Å². The molecule has 0 spiro atoms. The Morgan fingerprint density at radius 2 is 2.29 bits per heavy atom. The Labute approximate surface area is 100 Å². The first-order chi connectivity index (χ1) is 8.25. The monoisotopic (exact) mass is 229 g/mol. The van der Waals surface area contributed by atoms with Crippen LogP contribution in [0.2, 0.25) is 0 Å². The molecule has 1 aliphatic heterocycles. The van der Waals surface area contributed by atoms with E-state index in [1.54, 1.807) is 4.68 Å². The highest BCUT2D eigenvalue weighted by Gasteiger charge is 2.16. The molecule has 88 valence electrons. The van der Waals surface area contributed by atoms with Crippen molar-refractivity contribution in [1.29, 1.82) is 0 Å². The standard InChI is InChI=1S/C13H15N3O/c1-16-13(14)7-12(15-16)11-4-2-3-9-8-17-6-5-10(9)11/h2-4,7H,5-6,8,14H2,1H3. The van der Waals surface area contributed by atoms with Crippen molar-refractivity contribution in [3.05, 3.63) is 35.4 Å². The van der Waals surface area contributed by atoms with Gasteiger partial charge >= 0.3 is 0 Å². The minimum Gasteiger partial charge on any atom is -0.384 e. The molecule has 4 heteroatoms. The van der Waals surface area contributed by atoms with Gasteiger partial charge in [0.05, 0.1) is 18.9 Å². The number of hydrogen-bond acceptors (Lipinski definition) is 3. The van der Waals surface area contributed by atoms with Gasteiger partial charge in [0.15, 0.2) is 0 Å². The molecule has 0 bridgehead atoms. The molecule has 1 aliphatic rings. The van der Waals surface area contributed by atoms with Gasteiger partial charge in [-0.25, -0.2) is 0 Å². The molecule has 2 N–H and O–H groups in total. The third-order valence-electron chi connectivity index (χ3n) is 3.22. The summed E-state index contributed by atoms with van der Waals surface area (Å²) in [7, 11) is 1.86. The van der Waals surface area contributed by atoms with Crippen molar-refractivity contribution in [2.24, 2.45) is 7.05 Å². The molecule has 0 aliphatic carbocycles. The Morgan fingerprint density at radius 1 is 1.41 bits per heavy atom. The Bertz CT molecular complexity index is 540. The lowest BCUT2D eigenvalue weighted by Gasteiger charge is -2.18. The molecular formula is C13H15N3O. The van der Waals surface area contributed by atoms with Crippen molar-refractivity contribution >= 4 is 5.82 Å². The normalized spacial score (nSPS) is 14.6. The predicted molar refractivity (Wildman–Crippen MR) is 66.4 cm³/mol. The average molecular weight is 229 g/mol. The highest BCUT2D eigenvalue weighted by molar-refractivity contribution is 5.67. The van der Waals surface area contributed by atoms with Crippen molar-refractivity contribution in [2.45, 2.75) is 13.0 Å². The fourth-order valence-corrected chi connectivity index (χ4v) is 2.27. The van der Waals surface area contributed by atoms with Gasteiger partial charge in [-0.3, -0.25) is 4.68 Å². The number of nitrogens with two attached hydrogens (primary N) is 1. The average Bonchev–Trinajstić information content (AvgIpc) is 2.69. The summed E-state index contributed by atoms with van der Waals surface area (Å²) in [5.41, 5.74) is 10.6. The number of hydrogen-bond donors (Lipinski definition) is 1. The van der Waals surface area contributed by atoms with Crippen LogP contribution >= 0.6 is 0 Å². The summed E-state index contributed by atoms with van der Waals surface area (Å²) < 4.78 is 7.17. The molecular weight excluding hydrogens is 214 g/mol. The smallest absolute Gasteiger partial charge is 0.121 e. The van der Waals surface area contributed by atoms with Gasteiger partial charge in [-0.05, 0) is 17.5 Å². The number of benzene rings is 1. The highest BCUT2D eigenvalue weighted by atomic mass is 16.5. The highest BCUT2D eigenvalue weighted by Crippen LogP contribution is 2.29. The minimum absolute atomic E-state index is 0.685. The number of nitrogen functional groups attached to an aromatic ring is 1. The van der Waals surface area contributed by atoms with Gasteiger partial charge in [0.2, 0.25) is 0 Å². The minimum atomic E-state index is 0.685. The van der Waals surface area contributed by atoms with Gasteiger partial charge in [-0.15, -0.1) is 0 Å². The number of rotatable bonds is 1. The first-order valence-corrected chi connectivity index (χ1v) is 5.74. The summed E-state index contributed by atoms with van der Waals surface area (Å²) in [6.07, 6.45) is 0.946. The van der Waals surface area contributed by atoms with E-state index in [9.17, 15) is 0 Å². The van der Waals surface area contributed by atoms with Crippen LogP contribution in [0.3, 0.4) is 0 Å². The van der Waals surface area contributed by atoms with Crippen LogP contribution in [-0.4, -0.2) is 16.4 Å². The van der Waals surface area contributed by atoms with E-state index in [-0.39, 0.29) is 0 Å². The molecule has 0 atom stereocenters. The van der Waals surface area contributed by atoms with Crippen LogP contribution in [0.15, 0.2) is 24.3 Å². The zero-order chi connectivity index (χ0) is 11.8. The van der Waals surface area contributed by atoms with Gasteiger partial charge in [0.1, 0.15) is 5.82 Å². The fraction of sp³-hybridized carbons (Fsp3) is 0.308. The van der Waals surface area contributed by atoms with Gasteiger partial charge in [0.25, 0.3) is 0 Å². The lowest BCUT2D eigenvalue weighted by atomic mass is 9.95. The van der Waals surface area contributed by atoms with Crippen LogP contribution in [0, 0.1) is 0 Å². The van der Waals surface area contributed by atoms with Crippen molar-refractivity contribution in [3.8, 4) is 11.3 Å². The van der Waals surface area contributed by atoms with Crippen molar-refractivity contribution in [3.63, 3.8) is 0 Å². The predicted octanol–water partition coefficient (Wildman–Crippen LogP) is 1.74. The Hall–Kier alpha value is -1.81. The summed E-state index contributed by atoms with van der Waals surface area (Å²) in [6, 6.07) is 8.19. The maximum atomic E-state index is 5.83. The zero-order valence-corrected chi connectivity index (χ0v) is 9.81. The largest absolute Gasteiger partial charge is 0.384 e. The topological polar surface area (TPSA) is 53.1 Å². The molecule has 0 amide bonds. The maximum absolute atomic E-state index is 5.83. The molecule has 1 aromatic heterocycles. The maximum Gasteiger partial charge on any atom is 0.121 e. The quantitative estimate of drug-likeness (QED) is 0.810. The van der Waals surface area contributed by atoms with Gasteiger partial charge in [0, 0.05) is 18.7 Å². The van der Waals surface area contributed by atoms with Crippen molar-refractivity contribution < 1.29 is 4.74 Å². The second-order valence-electron chi connectivity index (χ2n) is 4.32. The first kappa shape index (κ1) is 10.4. The molecule has 0 unspecified atom stereocenters. The number of anilines is 1. The van der Waals surface area contributed by atoms with Gasteiger partial charge < -0.3 is 10.5 Å². The van der Waals surface area contributed by atoms with Crippen LogP contribution < -0.4 is 5.73 Å². The number of nitrogens with zero attached hydrogens (tertiary/aromatic N) is 2. The zero-order valence-electron chi connectivity index (χ0n) is 9.81. The first-order valence-electron chi connectivity index (χ1n) is 5.74. The van der Waals surface area contributed by atoms with Crippen LogP contribution in [0.4, 0.5) is 5.82 Å². The second kappa shape index (κ2) is 3.89. The number of aryl methyl sites for hydroxylation is 1. The van der Waals surface area contributed by atoms with E-state index in [4.69, 9.17) is 10.5 Å². The van der Waals surface area contributed by atoms with E-state index in [2.05, 4.69) is 17.2 Å². The van der Waals surface area contributed by atoms with E-state index in [1.165, 1.54) is 16.7 Å². The fourth-order valence-electron chi connectivity index (χ4n) is 2.27. The Balaban J connectivity index is 2.14. The summed E-state index contributed by atoms with van der Waals surface area (Å²) in [6.45, 7) is 1.48. The van der Waals surface area contributed by atoms with Crippen LogP contribution in [0.5, 0.6) is 0 Å². The lowest BCUT2D eigenvalue weighted by Crippen LogP contribution is -2.11. The molecule has 0 saturated heterocycles. The molecule has 1 aromatic carbocycles. The number of ether oxygens (including phenoxy) is 1. The molecule has 0 fully saturated rings. The third kappa shape index (κ3) is 1.70. The summed E-state index contributed by atoms with van der Waals surface area (Å²) in [4.78, 5) is 0. The molecule has 3 rings (SSSR count). The van der Waals surface area contributed by atoms with Crippen LogP contribution in [-0.2, 0) is 24.8 Å². The molecule has 4 nitrogen and oxygen atoms in total. The summed E-state index contributed by atoms with van der Waals surface area (Å²) >= 11 is 0. The van der Waals surface area contributed by atoms with Gasteiger partial charge in [-0.1, -0.05) is 18.2 Å². The van der Waals surface area contributed by atoms with E-state index < -0.39 is 0 Å². The lowest BCUT2D eigenvalue weighted by molar-refractivity contribution is 0.111. The SMILES string of the molecule is Cn1nc(-c2cccc3c2CCOC3)cc1N. The van der Waals surface area contributed by atoms with Crippen LogP contribution in [0.25, 0.3) is 11.3 Å². The number of fused-ring (bicyclic) bond motifs is 1. The third-order valence-corrected chi connectivity index (χ3v) is 3.22. The molecule has 2 heterocycles. The summed E-state index contributed by atoms with van der Waals surface area (Å²) in [5.74, 6) is 0.685. The van der Waals surface area contributed by atoms with Crippen molar-refractivity contribution in [1.82, 2.24) is 9.78 Å². The van der Waals surface area contributed by atoms with E-state index >= 15 is 0 Å². The molecule has 0 radical (unpaired) electrons. The van der Waals surface area contributed by atoms with Gasteiger partial charge in [-0.2, -0.15) is 5.10 Å². The second-order valence-corrected chi connectivity index (χ2v) is 4.32. The van der Waals surface area contributed by atoms with Crippen LogP contribution in [0.1, 0.15) is 11.1 Å². The van der Waals surface area contributed by atoms with E-state index in [1.807, 2.05) is 19.2 Å². The molecule has 17 heavy (non-hydrogen) atoms. The Kier molecular flexibility index (Phi) is 2.37. The Morgan fingerprint density at radius 3 is 3.06 bits per heavy atom. The molecule has 0 saturated carbocycles. The van der Waals surface area contributed by atoms with E-state index in [0.717, 1.165) is 18.7 Å². The van der Waals surface area contributed by atoms with E-state index in [0.29, 0.717) is 12.4 Å². The molecule has 2 aromatic rings. The summed E-state index contributed by atoms with van der Waals surface area (Å²) in [5, 5.41) is 4.44.